The molecule has 1 saturated heterocycles. The van der Waals surface area contributed by atoms with Crippen LogP contribution in [0.5, 0.6) is 5.75 Å². The molecule has 0 atom stereocenters. The maximum atomic E-state index is 12.6. The number of amides is 2. The Morgan fingerprint density at radius 1 is 1.15 bits per heavy atom. The van der Waals surface area contributed by atoms with Crippen LogP contribution in [0.15, 0.2) is 47.4 Å². The van der Waals surface area contributed by atoms with Crippen LogP contribution in [0.2, 0.25) is 5.02 Å². The summed E-state index contributed by atoms with van der Waals surface area (Å²) in [4.78, 5) is 26.6. The van der Waals surface area contributed by atoms with Crippen LogP contribution >= 0.6 is 23.4 Å². The molecule has 0 bridgehead atoms. The molecule has 1 fully saturated rings. The molecule has 4 nitrogen and oxygen atoms in total. The van der Waals surface area contributed by atoms with Crippen molar-refractivity contribution in [2.45, 2.75) is 19.4 Å². The van der Waals surface area contributed by atoms with Gasteiger partial charge in [-0.3, -0.25) is 14.5 Å². The summed E-state index contributed by atoms with van der Waals surface area (Å²) in [7, 11) is 0. The quantitative estimate of drug-likeness (QED) is 0.705. The molecule has 2 aromatic rings. The van der Waals surface area contributed by atoms with E-state index in [0.29, 0.717) is 9.93 Å². The minimum Gasteiger partial charge on any atom is -0.493 e. The molecular weight excluding hydrogens is 370 g/mol. The van der Waals surface area contributed by atoms with Gasteiger partial charge in [0.05, 0.1) is 18.1 Å². The van der Waals surface area contributed by atoms with Crippen LogP contribution in [0.1, 0.15) is 23.1 Å². The van der Waals surface area contributed by atoms with Gasteiger partial charge in [-0.25, -0.2) is 0 Å². The summed E-state index contributed by atoms with van der Waals surface area (Å²) in [6, 6.07) is 13.0. The van der Waals surface area contributed by atoms with E-state index in [0.717, 1.165) is 53.7 Å². The van der Waals surface area contributed by atoms with Crippen LogP contribution in [0.4, 0.5) is 4.79 Å². The molecule has 2 amide bonds. The molecular formula is C20H16ClNO3S. The Hall–Kier alpha value is -2.24. The molecule has 0 radical (unpaired) electrons. The Kier molecular flexibility index (Phi) is 4.74. The summed E-state index contributed by atoms with van der Waals surface area (Å²) in [6.07, 6.45) is 3.74. The van der Waals surface area contributed by atoms with Gasteiger partial charge < -0.3 is 4.74 Å². The smallest absolute Gasteiger partial charge is 0.293 e. The normalized spacial score (nSPS) is 18.2. The van der Waals surface area contributed by atoms with Crippen LogP contribution in [0, 0.1) is 0 Å². The molecule has 0 aliphatic carbocycles. The van der Waals surface area contributed by atoms with Gasteiger partial charge in [0.15, 0.2) is 0 Å². The summed E-state index contributed by atoms with van der Waals surface area (Å²) in [6.45, 7) is 0.993. The Bertz CT molecular complexity index is 908. The van der Waals surface area contributed by atoms with Crippen molar-refractivity contribution in [1.82, 2.24) is 4.90 Å². The summed E-state index contributed by atoms with van der Waals surface area (Å²) in [5, 5.41) is 0.372. The number of benzene rings is 2. The monoisotopic (exact) mass is 385 g/mol. The van der Waals surface area contributed by atoms with E-state index in [1.807, 2.05) is 30.3 Å². The van der Waals surface area contributed by atoms with Gasteiger partial charge in [0.1, 0.15) is 5.75 Å². The van der Waals surface area contributed by atoms with Gasteiger partial charge in [0.2, 0.25) is 0 Å². The highest BCUT2D eigenvalue weighted by atomic mass is 35.5. The SMILES string of the molecule is O=C1SC(=Cc2ccc3c(c2)CCCO3)C(=O)N1Cc1ccc(Cl)cc1. The van der Waals surface area contributed by atoms with Crippen LogP contribution in [0.25, 0.3) is 6.08 Å². The third-order valence-corrected chi connectivity index (χ3v) is 5.52. The lowest BCUT2D eigenvalue weighted by Gasteiger charge is -2.17. The van der Waals surface area contributed by atoms with Crippen molar-refractivity contribution in [1.29, 1.82) is 0 Å². The molecule has 132 valence electrons. The fourth-order valence-electron chi connectivity index (χ4n) is 3.03. The second kappa shape index (κ2) is 7.17. The molecule has 6 heteroatoms. The van der Waals surface area contributed by atoms with Gasteiger partial charge >= 0.3 is 0 Å². The zero-order chi connectivity index (χ0) is 18.1. The molecule has 0 N–H and O–H groups in total. The zero-order valence-electron chi connectivity index (χ0n) is 13.9. The number of rotatable bonds is 3. The highest BCUT2D eigenvalue weighted by Gasteiger charge is 2.35. The van der Waals surface area contributed by atoms with Gasteiger partial charge in [-0.1, -0.05) is 29.8 Å². The first kappa shape index (κ1) is 17.2. The summed E-state index contributed by atoms with van der Waals surface area (Å²) in [5.74, 6) is 0.646. The van der Waals surface area contributed by atoms with Gasteiger partial charge in [0, 0.05) is 5.02 Å². The number of fused-ring (bicyclic) bond motifs is 1. The average Bonchev–Trinajstić information content (AvgIpc) is 2.91. The number of hydrogen-bond donors (Lipinski definition) is 0. The molecule has 2 aromatic carbocycles. The van der Waals surface area contributed by atoms with E-state index in [1.54, 1.807) is 18.2 Å². The van der Waals surface area contributed by atoms with Crippen molar-refractivity contribution in [3.05, 3.63) is 69.1 Å². The second-order valence-electron chi connectivity index (χ2n) is 6.21. The predicted molar refractivity (Wildman–Crippen MR) is 103 cm³/mol. The van der Waals surface area contributed by atoms with Crippen molar-refractivity contribution in [2.75, 3.05) is 6.61 Å². The number of nitrogens with zero attached hydrogens (tertiary/aromatic N) is 1. The molecule has 2 aliphatic heterocycles. The van der Waals surface area contributed by atoms with E-state index in [1.165, 1.54) is 4.90 Å². The van der Waals surface area contributed by atoms with Crippen molar-refractivity contribution in [2.24, 2.45) is 0 Å². The number of carbonyl (C=O) groups excluding carboxylic acids is 2. The van der Waals surface area contributed by atoms with Crippen LogP contribution < -0.4 is 4.74 Å². The largest absolute Gasteiger partial charge is 0.493 e. The number of imide groups is 1. The van der Waals surface area contributed by atoms with Crippen LogP contribution in [-0.4, -0.2) is 22.7 Å². The van der Waals surface area contributed by atoms with Crippen molar-refractivity contribution in [3.8, 4) is 5.75 Å². The molecule has 0 aromatic heterocycles. The number of ether oxygens (including phenoxy) is 1. The molecule has 0 unspecified atom stereocenters. The minimum atomic E-state index is -0.260. The number of halogens is 1. The standard InChI is InChI=1S/C20H16ClNO3S/c21-16-6-3-13(4-7-16)12-22-19(23)18(26-20(22)24)11-14-5-8-17-15(10-14)2-1-9-25-17/h3-8,10-11H,1-2,9,12H2. The third-order valence-electron chi connectivity index (χ3n) is 4.36. The van der Waals surface area contributed by atoms with E-state index in [4.69, 9.17) is 16.3 Å². The zero-order valence-corrected chi connectivity index (χ0v) is 15.5. The van der Waals surface area contributed by atoms with E-state index in [9.17, 15) is 9.59 Å². The van der Waals surface area contributed by atoms with E-state index < -0.39 is 0 Å². The number of hydrogen-bond acceptors (Lipinski definition) is 4. The summed E-state index contributed by atoms with van der Waals surface area (Å²) < 4.78 is 5.61. The maximum Gasteiger partial charge on any atom is 0.293 e. The summed E-state index contributed by atoms with van der Waals surface area (Å²) in [5.41, 5.74) is 2.92. The van der Waals surface area contributed by atoms with Crippen molar-refractivity contribution in [3.63, 3.8) is 0 Å². The Balaban J connectivity index is 1.54. The highest BCUT2D eigenvalue weighted by molar-refractivity contribution is 8.18. The van der Waals surface area contributed by atoms with Crippen molar-refractivity contribution < 1.29 is 14.3 Å². The molecule has 4 rings (SSSR count). The Morgan fingerprint density at radius 3 is 2.77 bits per heavy atom. The molecule has 2 heterocycles. The Morgan fingerprint density at radius 2 is 1.96 bits per heavy atom. The van der Waals surface area contributed by atoms with Crippen molar-refractivity contribution >= 4 is 40.6 Å². The molecule has 0 spiro atoms. The van der Waals surface area contributed by atoms with E-state index in [-0.39, 0.29) is 17.7 Å². The lowest BCUT2D eigenvalue weighted by molar-refractivity contribution is -0.123. The van der Waals surface area contributed by atoms with Gasteiger partial charge in [-0.05, 0) is 71.6 Å². The first-order valence-electron chi connectivity index (χ1n) is 8.36. The fraction of sp³-hybridized carbons (Fsp3) is 0.200. The fourth-order valence-corrected chi connectivity index (χ4v) is 3.99. The summed E-state index contributed by atoms with van der Waals surface area (Å²) >= 11 is 6.86. The van der Waals surface area contributed by atoms with E-state index in [2.05, 4.69) is 0 Å². The topological polar surface area (TPSA) is 46.6 Å². The Labute approximate surface area is 160 Å². The lowest BCUT2D eigenvalue weighted by Crippen LogP contribution is -2.27. The van der Waals surface area contributed by atoms with Gasteiger partial charge in [-0.2, -0.15) is 0 Å². The van der Waals surface area contributed by atoms with Gasteiger partial charge in [-0.15, -0.1) is 0 Å². The average molecular weight is 386 g/mol. The lowest BCUT2D eigenvalue weighted by atomic mass is 10.0. The molecule has 0 saturated carbocycles. The third kappa shape index (κ3) is 3.50. The molecule has 2 aliphatic rings. The number of aryl methyl sites for hydroxylation is 1. The first-order valence-corrected chi connectivity index (χ1v) is 9.55. The molecule has 26 heavy (non-hydrogen) atoms. The van der Waals surface area contributed by atoms with Crippen LogP contribution in [0.3, 0.4) is 0 Å². The number of carbonyl (C=O) groups is 2. The van der Waals surface area contributed by atoms with E-state index >= 15 is 0 Å². The maximum absolute atomic E-state index is 12.6. The predicted octanol–water partition coefficient (Wildman–Crippen LogP) is 4.90. The van der Waals surface area contributed by atoms with Crippen LogP contribution in [-0.2, 0) is 17.8 Å². The first-order chi connectivity index (χ1) is 12.6. The minimum absolute atomic E-state index is 0.247. The number of thioether (sulfide) groups is 1. The highest BCUT2D eigenvalue weighted by Crippen LogP contribution is 2.34. The van der Waals surface area contributed by atoms with Gasteiger partial charge in [0.25, 0.3) is 11.1 Å². The second-order valence-corrected chi connectivity index (χ2v) is 7.64.